The summed E-state index contributed by atoms with van der Waals surface area (Å²) in [6.45, 7) is 0. The molecule has 2 aliphatic heterocycles. The third-order valence-electron chi connectivity index (χ3n) is 9.63. The van der Waals surface area contributed by atoms with Crippen molar-refractivity contribution in [2.24, 2.45) is 5.41 Å². The van der Waals surface area contributed by atoms with Gasteiger partial charge in [0.1, 0.15) is 23.0 Å². The highest BCUT2D eigenvalue weighted by Gasteiger charge is 2.72. The molecule has 0 N–H and O–H groups in total. The summed E-state index contributed by atoms with van der Waals surface area (Å²) < 4.78 is 11.5. The Bertz CT molecular complexity index is 2050. The molecular formula is C38H28N2O5. The normalized spacial score (nSPS) is 20.7. The van der Waals surface area contributed by atoms with E-state index in [0.29, 0.717) is 39.3 Å². The number of methoxy groups -OCH3 is 2. The minimum atomic E-state index is -1.68. The molecule has 0 radical (unpaired) electrons. The third-order valence-corrected chi connectivity index (χ3v) is 9.63. The number of carbonyl (C=O) groups is 3. The van der Waals surface area contributed by atoms with Crippen molar-refractivity contribution in [2.75, 3.05) is 19.1 Å². The maximum atomic E-state index is 15.0. The summed E-state index contributed by atoms with van der Waals surface area (Å²) in [7, 11) is 3.11. The first-order valence-corrected chi connectivity index (χ1v) is 14.8. The fraction of sp³-hybridized carbons (Fsp3) is 0.158. The standard InChI is InChI=1S/C38H28N2O5/c1-44-25-17-18-29(45-2)28(21-25)31-34(35(41)24-9-4-3-5-10-24)40-30(38(31)36(42)26-12-6-7-13-27(26)37(38)43)19-16-23-15-14-22-11-8-20-39-32(22)33(23)40/h3-21,30-31,34H,1-2H3/t30?,31-,34+/m1/s1. The molecule has 3 aliphatic rings. The number of carbonyl (C=O) groups excluding carboxylic acids is 3. The fourth-order valence-corrected chi connectivity index (χ4v) is 7.78. The fourth-order valence-electron chi connectivity index (χ4n) is 7.78. The van der Waals surface area contributed by atoms with E-state index in [4.69, 9.17) is 14.5 Å². The van der Waals surface area contributed by atoms with Gasteiger partial charge in [-0.2, -0.15) is 0 Å². The van der Waals surface area contributed by atoms with Crippen molar-refractivity contribution in [2.45, 2.75) is 18.0 Å². The first-order chi connectivity index (χ1) is 22.0. The highest BCUT2D eigenvalue weighted by atomic mass is 16.5. The molecule has 1 aliphatic carbocycles. The minimum Gasteiger partial charge on any atom is -0.497 e. The molecule has 0 bridgehead atoms. The van der Waals surface area contributed by atoms with Crippen LogP contribution >= 0.6 is 0 Å². The number of rotatable bonds is 5. The van der Waals surface area contributed by atoms with Gasteiger partial charge in [0.2, 0.25) is 0 Å². The zero-order chi connectivity index (χ0) is 30.9. The molecule has 4 aromatic carbocycles. The van der Waals surface area contributed by atoms with Crippen LogP contribution < -0.4 is 14.4 Å². The number of anilines is 1. The molecule has 7 nitrogen and oxygen atoms in total. The van der Waals surface area contributed by atoms with E-state index in [1.54, 1.807) is 75.0 Å². The number of aromatic nitrogens is 1. The lowest BCUT2D eigenvalue weighted by Gasteiger charge is -2.37. The lowest BCUT2D eigenvalue weighted by atomic mass is 9.64. The lowest BCUT2D eigenvalue weighted by Crippen LogP contribution is -2.48. The molecule has 0 saturated carbocycles. The van der Waals surface area contributed by atoms with E-state index in [1.807, 2.05) is 59.5 Å². The lowest BCUT2D eigenvalue weighted by molar-refractivity contribution is 0.0664. The molecular weight excluding hydrogens is 564 g/mol. The van der Waals surface area contributed by atoms with Crippen LogP contribution in [0.3, 0.4) is 0 Å². The average molecular weight is 593 g/mol. The number of Topliss-reactive ketones (excluding diaryl/α,β-unsaturated/α-hetero) is 3. The van der Waals surface area contributed by atoms with Crippen molar-refractivity contribution in [3.63, 3.8) is 0 Å². The summed E-state index contributed by atoms with van der Waals surface area (Å²) in [5.74, 6) is -0.784. The van der Waals surface area contributed by atoms with E-state index in [2.05, 4.69) is 0 Å². The smallest absolute Gasteiger partial charge is 0.185 e. The molecule has 1 spiro atoms. The molecule has 45 heavy (non-hydrogen) atoms. The quantitative estimate of drug-likeness (QED) is 0.169. The minimum absolute atomic E-state index is 0.210. The molecule has 220 valence electrons. The Morgan fingerprint density at radius 3 is 2.27 bits per heavy atom. The SMILES string of the molecule is COc1ccc(OC)c([C@@H]2[C@@H](C(=O)c3ccccc3)N3c4c(ccc5cccnc45)C=CC3C23C(=O)c2ccccc2C3=O)c1. The van der Waals surface area contributed by atoms with Gasteiger partial charge in [0.15, 0.2) is 17.3 Å². The molecule has 1 saturated heterocycles. The third kappa shape index (κ3) is 3.58. The maximum Gasteiger partial charge on any atom is 0.185 e. The van der Waals surface area contributed by atoms with E-state index >= 15 is 14.4 Å². The summed E-state index contributed by atoms with van der Waals surface area (Å²) in [5.41, 5.74) is 2.34. The second kappa shape index (κ2) is 9.99. The second-order valence-corrected chi connectivity index (χ2v) is 11.6. The number of hydrogen-bond acceptors (Lipinski definition) is 7. The topological polar surface area (TPSA) is 85.8 Å². The van der Waals surface area contributed by atoms with Crippen molar-refractivity contribution in [1.82, 2.24) is 4.98 Å². The van der Waals surface area contributed by atoms with Crippen LogP contribution in [-0.4, -0.2) is 48.6 Å². The molecule has 1 aromatic heterocycles. The zero-order valence-corrected chi connectivity index (χ0v) is 24.6. The first-order valence-electron chi connectivity index (χ1n) is 14.8. The number of hydrogen-bond donors (Lipinski definition) is 0. The number of ether oxygens (including phenoxy) is 2. The van der Waals surface area contributed by atoms with Crippen LogP contribution in [0.5, 0.6) is 11.5 Å². The Labute approximate surface area is 259 Å². The van der Waals surface area contributed by atoms with Gasteiger partial charge in [-0.3, -0.25) is 19.4 Å². The van der Waals surface area contributed by atoms with Crippen LogP contribution in [0.4, 0.5) is 5.69 Å². The van der Waals surface area contributed by atoms with Crippen LogP contribution in [0.25, 0.3) is 17.0 Å². The first kappa shape index (κ1) is 27.0. The van der Waals surface area contributed by atoms with Gasteiger partial charge in [0.25, 0.3) is 0 Å². The van der Waals surface area contributed by atoms with Gasteiger partial charge >= 0.3 is 0 Å². The van der Waals surface area contributed by atoms with Gasteiger partial charge in [-0.25, -0.2) is 0 Å². The summed E-state index contributed by atoms with van der Waals surface area (Å²) in [5, 5.41) is 0.889. The Morgan fingerprint density at radius 1 is 0.822 bits per heavy atom. The Morgan fingerprint density at radius 2 is 1.56 bits per heavy atom. The Balaban J connectivity index is 1.51. The van der Waals surface area contributed by atoms with Crippen molar-refractivity contribution in [3.05, 3.63) is 137 Å². The van der Waals surface area contributed by atoms with Gasteiger partial charge in [0, 0.05) is 39.8 Å². The number of ketones is 3. The Hall–Kier alpha value is -5.56. The van der Waals surface area contributed by atoms with Crippen LogP contribution in [-0.2, 0) is 0 Å². The molecule has 1 unspecified atom stereocenters. The van der Waals surface area contributed by atoms with Crippen LogP contribution in [0.2, 0.25) is 0 Å². The maximum absolute atomic E-state index is 15.0. The number of fused-ring (bicyclic) bond motifs is 7. The summed E-state index contributed by atoms with van der Waals surface area (Å²) in [6, 6.07) is 27.4. The van der Waals surface area contributed by atoms with E-state index in [9.17, 15) is 0 Å². The van der Waals surface area contributed by atoms with Crippen LogP contribution in [0.15, 0.2) is 109 Å². The molecule has 5 aromatic rings. The summed E-state index contributed by atoms with van der Waals surface area (Å²) in [4.78, 5) is 51.8. The molecule has 7 heteroatoms. The predicted octanol–water partition coefficient (Wildman–Crippen LogP) is 6.57. The molecule has 1 fully saturated rings. The largest absolute Gasteiger partial charge is 0.497 e. The highest BCUT2D eigenvalue weighted by Crippen LogP contribution is 2.62. The van der Waals surface area contributed by atoms with E-state index in [-0.39, 0.29) is 17.3 Å². The monoisotopic (exact) mass is 592 g/mol. The molecule has 3 atom stereocenters. The van der Waals surface area contributed by atoms with Gasteiger partial charge in [-0.1, -0.05) is 84.9 Å². The van der Waals surface area contributed by atoms with Gasteiger partial charge in [0.05, 0.1) is 31.5 Å². The number of nitrogens with zero attached hydrogens (tertiary/aromatic N) is 2. The van der Waals surface area contributed by atoms with E-state index in [0.717, 1.165) is 16.6 Å². The summed E-state index contributed by atoms with van der Waals surface area (Å²) in [6.07, 6.45) is 5.59. The van der Waals surface area contributed by atoms with Crippen LogP contribution in [0.1, 0.15) is 48.1 Å². The van der Waals surface area contributed by atoms with Gasteiger partial charge in [-0.05, 0) is 29.8 Å². The van der Waals surface area contributed by atoms with Crippen molar-refractivity contribution in [3.8, 4) is 11.5 Å². The zero-order valence-electron chi connectivity index (χ0n) is 24.6. The second-order valence-electron chi connectivity index (χ2n) is 11.6. The molecule has 0 amide bonds. The van der Waals surface area contributed by atoms with Crippen LogP contribution in [0, 0.1) is 5.41 Å². The predicted molar refractivity (Wildman–Crippen MR) is 171 cm³/mol. The van der Waals surface area contributed by atoms with Crippen molar-refractivity contribution in [1.29, 1.82) is 0 Å². The number of pyridine rings is 1. The van der Waals surface area contributed by atoms with Crippen molar-refractivity contribution >= 4 is 40.0 Å². The molecule has 8 rings (SSSR count). The Kier molecular flexibility index (Phi) is 6.00. The molecule has 3 heterocycles. The average Bonchev–Trinajstić information content (AvgIpc) is 3.53. The summed E-state index contributed by atoms with van der Waals surface area (Å²) >= 11 is 0. The van der Waals surface area contributed by atoms with Crippen molar-refractivity contribution < 1.29 is 23.9 Å². The van der Waals surface area contributed by atoms with Gasteiger partial charge in [-0.15, -0.1) is 0 Å². The van der Waals surface area contributed by atoms with Gasteiger partial charge < -0.3 is 14.4 Å². The number of benzene rings is 4. The van der Waals surface area contributed by atoms with E-state index < -0.39 is 23.4 Å². The highest BCUT2D eigenvalue weighted by molar-refractivity contribution is 6.32. The van der Waals surface area contributed by atoms with E-state index in [1.165, 1.54) is 0 Å².